The van der Waals surface area contributed by atoms with Gasteiger partial charge in [-0.3, -0.25) is 19.4 Å². The highest BCUT2D eigenvalue weighted by Gasteiger charge is 2.46. The molecule has 0 aliphatic carbocycles. The number of rotatable bonds is 6. The number of ether oxygens (including phenoxy) is 3. The van der Waals surface area contributed by atoms with Crippen LogP contribution in [0.3, 0.4) is 0 Å². The predicted octanol–water partition coefficient (Wildman–Crippen LogP) is 2.09. The van der Waals surface area contributed by atoms with Crippen molar-refractivity contribution in [1.82, 2.24) is 25.6 Å². The first kappa shape index (κ1) is 28.3. The maximum atomic E-state index is 14.0. The minimum Gasteiger partial charge on any atom is -0.468 e. The van der Waals surface area contributed by atoms with Gasteiger partial charge in [0.1, 0.15) is 33.9 Å². The van der Waals surface area contributed by atoms with Crippen molar-refractivity contribution in [3.8, 4) is 0 Å². The van der Waals surface area contributed by atoms with E-state index in [1.807, 2.05) is 4.90 Å². The van der Waals surface area contributed by atoms with Crippen LogP contribution in [0.25, 0.3) is 4.85 Å². The lowest BCUT2D eigenvalue weighted by atomic mass is 10.0. The fraction of sp³-hybridized carbons (Fsp3) is 0.682. The van der Waals surface area contributed by atoms with Gasteiger partial charge in [0.25, 0.3) is 5.91 Å². The van der Waals surface area contributed by atoms with Gasteiger partial charge < -0.3 is 19.5 Å². The van der Waals surface area contributed by atoms with E-state index >= 15 is 0 Å². The molecule has 3 heterocycles. The maximum Gasteiger partial charge on any atom is 0.408 e. The summed E-state index contributed by atoms with van der Waals surface area (Å²) in [4.78, 5) is 49.1. The first-order valence-corrected chi connectivity index (χ1v) is 13.2. The highest BCUT2D eigenvalue weighted by atomic mass is 79.9. The number of hydrogen-bond acceptors (Lipinski definition) is 10. The molecule has 14 heteroatoms. The number of halogens is 1. The molecule has 12 nitrogen and oxygen atoms in total. The Hall–Kier alpha value is -2.31. The van der Waals surface area contributed by atoms with E-state index in [-0.39, 0.29) is 6.61 Å². The molecule has 2 aliphatic rings. The number of nitrogens with one attached hydrogen (secondary N) is 2. The highest BCUT2D eigenvalue weighted by Crippen LogP contribution is 2.33. The Morgan fingerprint density at radius 3 is 2.75 bits per heavy atom. The fourth-order valence-corrected chi connectivity index (χ4v) is 5.48. The van der Waals surface area contributed by atoms with Crippen LogP contribution in [0.1, 0.15) is 44.7 Å². The van der Waals surface area contributed by atoms with Crippen molar-refractivity contribution in [3.05, 3.63) is 26.4 Å². The smallest absolute Gasteiger partial charge is 0.408 e. The van der Waals surface area contributed by atoms with Crippen molar-refractivity contribution < 1.29 is 28.6 Å². The molecule has 0 unspecified atom stereocenters. The number of esters is 1. The largest absolute Gasteiger partial charge is 0.468 e. The van der Waals surface area contributed by atoms with Gasteiger partial charge in [-0.25, -0.2) is 26.7 Å². The monoisotopic (exact) mass is 586 g/mol. The average molecular weight is 587 g/mol. The van der Waals surface area contributed by atoms with Gasteiger partial charge in [-0.1, -0.05) is 0 Å². The molecule has 2 amide bonds. The second kappa shape index (κ2) is 12.3. The molecule has 3 rings (SSSR count). The number of amides is 2. The third-order valence-electron chi connectivity index (χ3n) is 5.59. The first-order valence-electron chi connectivity index (χ1n) is 11.5. The summed E-state index contributed by atoms with van der Waals surface area (Å²) in [5.41, 5.74) is 2.14. The van der Waals surface area contributed by atoms with E-state index in [0.29, 0.717) is 42.1 Å². The molecule has 1 aromatic heterocycles. The van der Waals surface area contributed by atoms with Crippen LogP contribution in [0.5, 0.6) is 0 Å². The molecular weight excluding hydrogens is 556 g/mol. The lowest BCUT2D eigenvalue weighted by Gasteiger charge is -2.40. The molecule has 2 aliphatic heterocycles. The Labute approximate surface area is 222 Å². The quantitative estimate of drug-likeness (QED) is 0.380. The normalized spacial score (nSPS) is 22.7. The molecule has 2 saturated heterocycles. The lowest BCUT2D eigenvalue weighted by Crippen LogP contribution is -2.63. The minimum absolute atomic E-state index is 0.159. The summed E-state index contributed by atoms with van der Waals surface area (Å²) in [6.07, 6.45) is -0.394. The van der Waals surface area contributed by atoms with E-state index in [4.69, 9.17) is 20.8 Å². The van der Waals surface area contributed by atoms with Crippen LogP contribution in [0.4, 0.5) is 4.79 Å². The van der Waals surface area contributed by atoms with Gasteiger partial charge in [-0.2, -0.15) is 0 Å². The second-order valence-electron chi connectivity index (χ2n) is 9.34. The van der Waals surface area contributed by atoms with Gasteiger partial charge in [0, 0.05) is 18.5 Å². The zero-order valence-electron chi connectivity index (χ0n) is 20.7. The van der Waals surface area contributed by atoms with E-state index in [9.17, 15) is 14.4 Å². The summed E-state index contributed by atoms with van der Waals surface area (Å²) in [5, 5.41) is 6.38. The van der Waals surface area contributed by atoms with E-state index < -0.39 is 47.9 Å². The number of alkyl carbamates (subject to hydrolysis) is 1. The van der Waals surface area contributed by atoms with Gasteiger partial charge >= 0.3 is 18.2 Å². The maximum absolute atomic E-state index is 14.0. The van der Waals surface area contributed by atoms with Gasteiger partial charge in [-0.05, 0) is 49.5 Å². The van der Waals surface area contributed by atoms with Crippen LogP contribution < -0.4 is 10.7 Å². The van der Waals surface area contributed by atoms with Crippen LogP contribution >= 0.6 is 27.3 Å². The third-order valence-corrected chi connectivity index (χ3v) is 7.21. The minimum atomic E-state index is -1.18. The first-order chi connectivity index (χ1) is 17.0. The second-order valence-corrected chi connectivity index (χ2v) is 11.0. The molecule has 0 radical (unpaired) electrons. The number of morpholine rings is 1. The molecular formula is C22H31BrN6O6S. The molecule has 0 saturated carbocycles. The van der Waals surface area contributed by atoms with E-state index in [1.54, 1.807) is 26.2 Å². The topological polar surface area (TPSA) is 127 Å². The Balaban J connectivity index is 2.01. The van der Waals surface area contributed by atoms with Crippen molar-refractivity contribution in [2.75, 3.05) is 33.4 Å². The third kappa shape index (κ3) is 7.13. The van der Waals surface area contributed by atoms with E-state index in [1.165, 1.54) is 23.5 Å². The van der Waals surface area contributed by atoms with Gasteiger partial charge in [-0.15, -0.1) is 11.3 Å². The van der Waals surface area contributed by atoms with Crippen LogP contribution in [-0.4, -0.2) is 90.1 Å². The molecule has 1 aromatic rings. The highest BCUT2D eigenvalue weighted by molar-refractivity contribution is 9.10. The Bertz CT molecular complexity index is 994. The Morgan fingerprint density at radius 1 is 1.39 bits per heavy atom. The molecule has 198 valence electrons. The lowest BCUT2D eigenvalue weighted by molar-refractivity contribution is -0.151. The fourth-order valence-electron chi connectivity index (χ4n) is 4.05. The SMILES string of the molecule is [C-]#[N+][C@H]1COCCN1[C@H](c1nc(Br)cs1)[C@H](NC(=O)OC(C)(C)C)C(=O)N1CCC[C@@H](C(=O)OC)N1. The summed E-state index contributed by atoms with van der Waals surface area (Å²) >= 11 is 4.67. The van der Waals surface area contributed by atoms with Crippen LogP contribution in [0.2, 0.25) is 0 Å². The summed E-state index contributed by atoms with van der Waals surface area (Å²) in [5.74, 6) is -0.966. The summed E-state index contributed by atoms with van der Waals surface area (Å²) in [6.45, 7) is 14.1. The summed E-state index contributed by atoms with van der Waals surface area (Å²) in [6, 6.07) is -2.66. The molecule has 0 spiro atoms. The van der Waals surface area contributed by atoms with Crippen LogP contribution in [0, 0.1) is 6.57 Å². The van der Waals surface area contributed by atoms with Gasteiger partial charge in [0.2, 0.25) is 0 Å². The number of thiazole rings is 1. The standard InChI is InChI=1S/C22H31BrN6O6S/c1-22(2,3)35-21(32)26-16(19(30)29-8-6-7-13(27-29)20(31)33-5)17(18-25-14(23)12-36-18)28-9-10-34-11-15(28)24-4/h12-13,15-17,27H,6-11H2,1-3,5H3,(H,26,32)/t13-,15+,16-,17-/m0/s1. The summed E-state index contributed by atoms with van der Waals surface area (Å²) < 4.78 is 16.4. The molecule has 0 aromatic carbocycles. The van der Waals surface area contributed by atoms with E-state index in [2.05, 4.69) is 36.5 Å². The predicted molar refractivity (Wildman–Crippen MR) is 134 cm³/mol. The Morgan fingerprint density at radius 2 is 2.14 bits per heavy atom. The zero-order chi connectivity index (χ0) is 26.5. The van der Waals surface area contributed by atoms with Crippen LogP contribution in [-0.2, 0) is 23.8 Å². The molecule has 0 bridgehead atoms. The zero-order valence-corrected chi connectivity index (χ0v) is 23.1. The Kier molecular flexibility index (Phi) is 9.65. The average Bonchev–Trinajstić information content (AvgIpc) is 3.27. The molecule has 36 heavy (non-hydrogen) atoms. The number of methoxy groups -OCH3 is 1. The number of carbonyl (C=O) groups excluding carboxylic acids is 3. The van der Waals surface area contributed by atoms with E-state index in [0.717, 1.165) is 0 Å². The number of nitrogens with zero attached hydrogens (tertiary/aromatic N) is 4. The number of hydrogen-bond donors (Lipinski definition) is 2. The van der Waals surface area contributed by atoms with Crippen molar-refractivity contribution >= 4 is 45.2 Å². The van der Waals surface area contributed by atoms with Crippen LogP contribution in [0.15, 0.2) is 9.98 Å². The van der Waals surface area contributed by atoms with Crippen molar-refractivity contribution in [2.24, 2.45) is 0 Å². The number of aromatic nitrogens is 1. The summed E-state index contributed by atoms with van der Waals surface area (Å²) in [7, 11) is 1.29. The van der Waals surface area contributed by atoms with Crippen molar-refractivity contribution in [1.29, 1.82) is 0 Å². The number of carbonyl (C=O) groups is 3. The molecule has 2 N–H and O–H groups in total. The van der Waals surface area contributed by atoms with Crippen molar-refractivity contribution in [3.63, 3.8) is 0 Å². The molecule has 2 fully saturated rings. The molecule has 4 atom stereocenters. The number of hydrazine groups is 1. The van der Waals surface area contributed by atoms with Gasteiger partial charge in [0.15, 0.2) is 0 Å². The van der Waals surface area contributed by atoms with Crippen molar-refractivity contribution in [2.45, 2.75) is 63.5 Å². The van der Waals surface area contributed by atoms with Gasteiger partial charge in [0.05, 0.1) is 19.8 Å².